The fourth-order valence-corrected chi connectivity index (χ4v) is 4.77. The highest BCUT2D eigenvalue weighted by Gasteiger charge is 2.31. The molecule has 0 aliphatic carbocycles. The highest BCUT2D eigenvalue weighted by atomic mass is 79.9. The van der Waals surface area contributed by atoms with E-state index in [1.54, 1.807) is 12.1 Å². The number of hydrogen-bond acceptors (Lipinski definition) is 5. The van der Waals surface area contributed by atoms with Crippen LogP contribution in [-0.4, -0.2) is 50.7 Å². The number of phenolic OH excluding ortho intramolecular Hbond substituents is 1. The Labute approximate surface area is 200 Å². The van der Waals surface area contributed by atoms with E-state index in [0.717, 1.165) is 38.8 Å². The van der Waals surface area contributed by atoms with Gasteiger partial charge in [0.2, 0.25) is 0 Å². The van der Waals surface area contributed by atoms with Crippen molar-refractivity contribution in [1.29, 1.82) is 0 Å². The van der Waals surface area contributed by atoms with Crippen LogP contribution in [0, 0.1) is 13.8 Å². The van der Waals surface area contributed by atoms with Gasteiger partial charge in [-0.1, -0.05) is 28.1 Å². The molecule has 1 aliphatic rings. The van der Waals surface area contributed by atoms with Crippen LogP contribution < -0.4 is 5.32 Å². The zero-order valence-corrected chi connectivity index (χ0v) is 20.0. The number of pyridine rings is 1. The van der Waals surface area contributed by atoms with Crippen molar-refractivity contribution in [3.05, 3.63) is 75.4 Å². The molecular weight excluding hydrogens is 482 g/mol. The number of nitrogens with one attached hydrogen (secondary N) is 2. The number of fused-ring (bicyclic) bond motifs is 1. The minimum atomic E-state index is -0.0753. The average Bonchev–Trinajstić information content (AvgIpc) is 3.19. The number of aromatic nitrogens is 3. The number of piperazine rings is 1. The molecule has 3 N–H and O–H groups in total. The predicted octanol–water partition coefficient (Wildman–Crippen LogP) is 4.50. The average molecular weight is 506 g/mol. The zero-order valence-electron chi connectivity index (χ0n) is 18.4. The van der Waals surface area contributed by atoms with Crippen LogP contribution in [0.4, 0.5) is 0 Å². The first-order valence-corrected chi connectivity index (χ1v) is 11.6. The molecule has 1 unspecified atom stereocenters. The summed E-state index contributed by atoms with van der Waals surface area (Å²) in [4.78, 5) is 20.7. The minimum Gasteiger partial charge on any atom is -0.508 e. The van der Waals surface area contributed by atoms with Gasteiger partial charge in [-0.2, -0.15) is 5.10 Å². The van der Waals surface area contributed by atoms with Gasteiger partial charge in [0, 0.05) is 35.4 Å². The molecule has 0 spiro atoms. The summed E-state index contributed by atoms with van der Waals surface area (Å²) in [5.41, 5.74) is 5.38. The van der Waals surface area contributed by atoms with Crippen LogP contribution in [-0.2, 0) is 0 Å². The molecule has 2 aromatic carbocycles. The Morgan fingerprint density at radius 3 is 2.70 bits per heavy atom. The molecule has 3 heterocycles. The van der Waals surface area contributed by atoms with Crippen molar-refractivity contribution < 1.29 is 9.90 Å². The normalized spacial score (nSPS) is 16.3. The van der Waals surface area contributed by atoms with Crippen molar-refractivity contribution in [3.8, 4) is 17.0 Å². The topological polar surface area (TPSA) is 94.1 Å². The van der Waals surface area contributed by atoms with Crippen LogP contribution in [0.2, 0.25) is 0 Å². The lowest BCUT2D eigenvalue weighted by molar-refractivity contribution is 0.0636. The molecule has 0 bridgehead atoms. The van der Waals surface area contributed by atoms with E-state index in [-0.39, 0.29) is 17.7 Å². The van der Waals surface area contributed by atoms with Gasteiger partial charge >= 0.3 is 0 Å². The molecule has 4 aromatic rings. The summed E-state index contributed by atoms with van der Waals surface area (Å²) in [6, 6.07) is 15.0. The van der Waals surface area contributed by atoms with E-state index < -0.39 is 0 Å². The fraction of sp³-hybridized carbons (Fsp3) is 0.240. The SMILES string of the molecule is Cc1cc(O)ccc1-c1cc(C(=O)N2CCNCC2c2ccc(Br)cc2)c2c(C)[nH]nc2n1. The second-order valence-electron chi connectivity index (χ2n) is 8.37. The number of aromatic hydroxyl groups is 1. The van der Waals surface area contributed by atoms with E-state index in [4.69, 9.17) is 4.98 Å². The summed E-state index contributed by atoms with van der Waals surface area (Å²) in [6.07, 6.45) is 0. The molecule has 33 heavy (non-hydrogen) atoms. The third kappa shape index (κ3) is 4.00. The Kier molecular flexibility index (Phi) is 5.64. The molecule has 0 radical (unpaired) electrons. The number of hydrogen-bond donors (Lipinski definition) is 3. The minimum absolute atomic E-state index is 0.0426. The van der Waals surface area contributed by atoms with Gasteiger partial charge in [-0.25, -0.2) is 4.98 Å². The lowest BCUT2D eigenvalue weighted by Gasteiger charge is -2.37. The largest absolute Gasteiger partial charge is 0.508 e. The number of rotatable bonds is 3. The van der Waals surface area contributed by atoms with Crippen molar-refractivity contribution in [3.63, 3.8) is 0 Å². The van der Waals surface area contributed by atoms with Gasteiger partial charge in [0.25, 0.3) is 5.91 Å². The maximum Gasteiger partial charge on any atom is 0.255 e. The Hall–Kier alpha value is -3.23. The Morgan fingerprint density at radius 1 is 1.15 bits per heavy atom. The Balaban J connectivity index is 1.62. The maximum absolute atomic E-state index is 14.0. The zero-order chi connectivity index (χ0) is 23.1. The van der Waals surface area contributed by atoms with E-state index in [1.807, 2.05) is 43.0 Å². The second kappa shape index (κ2) is 8.61. The Bertz CT molecular complexity index is 1350. The van der Waals surface area contributed by atoms with E-state index in [9.17, 15) is 9.90 Å². The fourth-order valence-electron chi connectivity index (χ4n) is 4.50. The lowest BCUT2D eigenvalue weighted by atomic mass is 9.99. The first kappa shape index (κ1) is 21.6. The van der Waals surface area contributed by atoms with Crippen molar-refractivity contribution >= 4 is 32.9 Å². The van der Waals surface area contributed by atoms with E-state index in [1.165, 1.54) is 0 Å². The molecule has 1 saturated heterocycles. The third-order valence-electron chi connectivity index (χ3n) is 6.18. The number of H-pyrrole nitrogens is 1. The highest BCUT2D eigenvalue weighted by molar-refractivity contribution is 9.10. The number of carbonyl (C=O) groups is 1. The summed E-state index contributed by atoms with van der Waals surface area (Å²) in [5, 5.41) is 21.3. The van der Waals surface area contributed by atoms with Gasteiger partial charge < -0.3 is 15.3 Å². The molecule has 1 atom stereocenters. The van der Waals surface area contributed by atoms with Crippen LogP contribution in [0.5, 0.6) is 5.75 Å². The van der Waals surface area contributed by atoms with Gasteiger partial charge in [-0.15, -0.1) is 0 Å². The van der Waals surface area contributed by atoms with Crippen molar-refractivity contribution in [1.82, 2.24) is 25.4 Å². The number of benzene rings is 2. The number of nitrogens with zero attached hydrogens (tertiary/aromatic N) is 3. The molecule has 0 saturated carbocycles. The van der Waals surface area contributed by atoms with E-state index >= 15 is 0 Å². The molecule has 1 amide bonds. The van der Waals surface area contributed by atoms with Crippen molar-refractivity contribution in [2.75, 3.05) is 19.6 Å². The summed E-state index contributed by atoms with van der Waals surface area (Å²) >= 11 is 3.49. The maximum atomic E-state index is 14.0. The number of phenols is 1. The van der Waals surface area contributed by atoms with Gasteiger partial charge in [-0.05, 0) is 61.4 Å². The van der Waals surface area contributed by atoms with E-state index in [2.05, 4.69) is 43.6 Å². The number of aryl methyl sites for hydroxylation is 2. The predicted molar refractivity (Wildman–Crippen MR) is 131 cm³/mol. The molecule has 5 rings (SSSR count). The molecular formula is C25H24BrN5O2. The Morgan fingerprint density at radius 2 is 1.94 bits per heavy atom. The summed E-state index contributed by atoms with van der Waals surface area (Å²) in [6.45, 7) is 5.85. The van der Waals surface area contributed by atoms with Crippen LogP contribution in [0.1, 0.15) is 33.2 Å². The van der Waals surface area contributed by atoms with Crippen LogP contribution in [0.15, 0.2) is 53.0 Å². The first-order valence-electron chi connectivity index (χ1n) is 10.8. The van der Waals surface area contributed by atoms with Crippen molar-refractivity contribution in [2.24, 2.45) is 0 Å². The molecule has 7 nitrogen and oxygen atoms in total. The third-order valence-corrected chi connectivity index (χ3v) is 6.71. The molecule has 1 fully saturated rings. The smallest absolute Gasteiger partial charge is 0.255 e. The van der Waals surface area contributed by atoms with Crippen molar-refractivity contribution in [2.45, 2.75) is 19.9 Å². The van der Waals surface area contributed by atoms with Gasteiger partial charge in [0.05, 0.1) is 22.7 Å². The van der Waals surface area contributed by atoms with Crippen LogP contribution in [0.25, 0.3) is 22.3 Å². The molecule has 2 aromatic heterocycles. The summed E-state index contributed by atoms with van der Waals surface area (Å²) in [5.74, 6) is 0.154. The summed E-state index contributed by atoms with van der Waals surface area (Å²) < 4.78 is 1.01. The van der Waals surface area contributed by atoms with Gasteiger partial charge in [0.1, 0.15) is 5.75 Å². The second-order valence-corrected chi connectivity index (χ2v) is 9.29. The van der Waals surface area contributed by atoms with E-state index in [0.29, 0.717) is 30.0 Å². The van der Waals surface area contributed by atoms with Gasteiger partial charge in [0.15, 0.2) is 5.65 Å². The first-order chi connectivity index (χ1) is 15.9. The number of carbonyl (C=O) groups excluding carboxylic acids is 1. The lowest BCUT2D eigenvalue weighted by Crippen LogP contribution is -2.48. The number of halogens is 1. The summed E-state index contributed by atoms with van der Waals surface area (Å²) in [7, 11) is 0. The highest BCUT2D eigenvalue weighted by Crippen LogP contribution is 2.32. The quantitative estimate of drug-likeness (QED) is 0.381. The van der Waals surface area contributed by atoms with Crippen LogP contribution >= 0.6 is 15.9 Å². The monoisotopic (exact) mass is 505 g/mol. The molecule has 8 heteroatoms. The van der Waals surface area contributed by atoms with Crippen LogP contribution in [0.3, 0.4) is 0 Å². The molecule has 168 valence electrons. The molecule has 1 aliphatic heterocycles. The standard InChI is InChI=1S/C25H24BrN5O2/c1-14-11-18(32)7-8-19(14)21-12-20(23-15(2)29-30-24(23)28-21)25(33)31-10-9-27-13-22(31)16-3-5-17(26)6-4-16/h3-8,11-12,22,27,32H,9-10,13H2,1-2H3,(H,28,29,30). The number of aromatic amines is 1. The number of amides is 1. The van der Waals surface area contributed by atoms with Gasteiger partial charge in [-0.3, -0.25) is 9.89 Å².